The van der Waals surface area contributed by atoms with E-state index in [2.05, 4.69) is 16.5 Å². The zero-order chi connectivity index (χ0) is 19.0. The van der Waals surface area contributed by atoms with Gasteiger partial charge in [-0.25, -0.2) is 9.97 Å². The molecule has 4 nitrogen and oxygen atoms in total. The van der Waals surface area contributed by atoms with Gasteiger partial charge in [0.25, 0.3) is 0 Å². The molecule has 1 aromatic carbocycles. The molecule has 7 heteroatoms. The van der Waals surface area contributed by atoms with E-state index < -0.39 is 6.55 Å². The Bertz CT molecular complexity index is 941. The Morgan fingerprint density at radius 2 is 1.85 bits per heavy atom. The van der Waals surface area contributed by atoms with Crippen molar-refractivity contribution in [1.82, 2.24) is 19.1 Å². The van der Waals surface area contributed by atoms with E-state index in [0.29, 0.717) is 28.7 Å². The number of hydrogen-bond acceptors (Lipinski definition) is 3. The number of benzene rings is 1. The topological polar surface area (TPSA) is 35.6 Å². The van der Waals surface area contributed by atoms with Gasteiger partial charge in [0.05, 0.1) is 22.5 Å². The molecule has 0 atom stereocenters. The minimum atomic E-state index is -2.60. The lowest BCUT2D eigenvalue weighted by Crippen LogP contribution is -2.15. The predicted octanol–water partition coefficient (Wildman–Crippen LogP) is 6.04. The summed E-state index contributed by atoms with van der Waals surface area (Å²) in [7, 11) is 0. The van der Waals surface area contributed by atoms with Crippen molar-refractivity contribution in [3.63, 3.8) is 0 Å². The number of aryl methyl sites for hydroxylation is 1. The average molecular weight is 391 g/mol. The fraction of sp³-hybridized carbons (Fsp3) is 0.500. The van der Waals surface area contributed by atoms with Gasteiger partial charge < -0.3 is 4.57 Å². The zero-order valence-corrected chi connectivity index (χ0v) is 16.5. The van der Waals surface area contributed by atoms with Crippen LogP contribution in [-0.2, 0) is 5.75 Å². The lowest BCUT2D eigenvalue weighted by atomic mass is 9.95. The van der Waals surface area contributed by atoms with Gasteiger partial charge in [-0.1, -0.05) is 43.2 Å². The number of halogens is 2. The molecule has 144 valence electrons. The first-order chi connectivity index (χ1) is 13.1. The molecule has 0 bridgehead atoms. The Hall–Kier alpha value is -1.89. The third-order valence-electron chi connectivity index (χ3n) is 5.49. The van der Waals surface area contributed by atoms with Crippen molar-refractivity contribution in [1.29, 1.82) is 0 Å². The van der Waals surface area contributed by atoms with Crippen molar-refractivity contribution in [2.24, 2.45) is 0 Å². The van der Waals surface area contributed by atoms with E-state index in [4.69, 9.17) is 4.98 Å². The predicted molar refractivity (Wildman–Crippen MR) is 104 cm³/mol. The van der Waals surface area contributed by atoms with Crippen LogP contribution in [0.15, 0.2) is 29.4 Å². The van der Waals surface area contributed by atoms with Crippen LogP contribution in [-0.4, -0.2) is 19.1 Å². The van der Waals surface area contributed by atoms with Crippen LogP contribution in [0, 0.1) is 13.8 Å². The molecule has 1 saturated carbocycles. The summed E-state index contributed by atoms with van der Waals surface area (Å²) in [5.41, 5.74) is 3.29. The summed E-state index contributed by atoms with van der Waals surface area (Å²) in [4.78, 5) is 9.18. The summed E-state index contributed by atoms with van der Waals surface area (Å²) >= 11 is 1.51. The van der Waals surface area contributed by atoms with Gasteiger partial charge in [-0.3, -0.25) is 4.57 Å². The Balaban J connectivity index is 1.64. The van der Waals surface area contributed by atoms with Crippen LogP contribution in [0.4, 0.5) is 8.78 Å². The lowest BCUT2D eigenvalue weighted by molar-refractivity contribution is 0.0722. The molecule has 0 unspecified atom stereocenters. The van der Waals surface area contributed by atoms with Gasteiger partial charge in [0, 0.05) is 11.7 Å². The van der Waals surface area contributed by atoms with Gasteiger partial charge in [0.2, 0.25) is 0 Å². The second kappa shape index (κ2) is 7.62. The lowest BCUT2D eigenvalue weighted by Gasteiger charge is -2.26. The van der Waals surface area contributed by atoms with E-state index in [9.17, 15) is 8.78 Å². The highest BCUT2D eigenvalue weighted by Gasteiger charge is 2.23. The van der Waals surface area contributed by atoms with Crippen molar-refractivity contribution in [2.75, 3.05) is 0 Å². The number of para-hydroxylation sites is 2. The summed E-state index contributed by atoms with van der Waals surface area (Å²) < 4.78 is 30.7. The maximum absolute atomic E-state index is 13.6. The average Bonchev–Trinajstić information content (AvgIpc) is 3.18. The summed E-state index contributed by atoms with van der Waals surface area (Å²) in [6.45, 7) is 1.53. The fourth-order valence-electron chi connectivity index (χ4n) is 4.01. The van der Waals surface area contributed by atoms with Crippen molar-refractivity contribution in [3.8, 4) is 0 Å². The molecule has 1 aliphatic carbocycles. The van der Waals surface area contributed by atoms with E-state index in [0.717, 1.165) is 15.4 Å². The largest absolute Gasteiger partial charge is 0.320 e. The second-order valence-electron chi connectivity index (χ2n) is 7.18. The summed E-state index contributed by atoms with van der Waals surface area (Å²) in [5.74, 6) is 0.770. The fourth-order valence-corrected chi connectivity index (χ4v) is 5.10. The summed E-state index contributed by atoms with van der Waals surface area (Å²) in [5, 5.41) is 0.921. The summed E-state index contributed by atoms with van der Waals surface area (Å²) in [6.07, 6.45) is 6.11. The van der Waals surface area contributed by atoms with Crippen LogP contribution in [0.25, 0.3) is 11.0 Å². The molecular weight excluding hydrogens is 366 g/mol. The van der Waals surface area contributed by atoms with E-state index in [1.165, 1.54) is 49.6 Å². The Kier molecular flexibility index (Phi) is 5.21. The number of alkyl halides is 2. The standard InChI is InChI=1S/C20H24F2N4S/c1-13-14(2)25(15-8-4-3-5-9-15)20(23-13)27-12-18-24-16-10-6-7-11-17(16)26(18)19(21)22/h6-7,10-11,15,19H,3-5,8-9,12H2,1-2H3. The quantitative estimate of drug-likeness (QED) is 0.498. The molecular formula is C20H24F2N4S. The minimum absolute atomic E-state index is 0.377. The molecule has 3 aromatic rings. The molecule has 2 aromatic heterocycles. The number of thioether (sulfide) groups is 1. The number of aromatic nitrogens is 4. The molecule has 0 saturated heterocycles. The van der Waals surface area contributed by atoms with Crippen LogP contribution >= 0.6 is 11.8 Å². The molecule has 1 fully saturated rings. The van der Waals surface area contributed by atoms with Gasteiger partial charge in [0.1, 0.15) is 5.82 Å². The van der Waals surface area contributed by atoms with Crippen LogP contribution in [0.5, 0.6) is 0 Å². The third-order valence-corrected chi connectivity index (χ3v) is 6.44. The van der Waals surface area contributed by atoms with Gasteiger partial charge in [0.15, 0.2) is 5.16 Å². The van der Waals surface area contributed by atoms with Crippen molar-refractivity contribution in [3.05, 3.63) is 41.5 Å². The molecule has 1 aliphatic rings. The smallest absolute Gasteiger partial charge is 0.320 e. The number of imidazole rings is 2. The highest BCUT2D eigenvalue weighted by atomic mass is 32.2. The maximum atomic E-state index is 13.6. The first-order valence-corrected chi connectivity index (χ1v) is 10.5. The molecule has 0 N–H and O–H groups in total. The summed E-state index contributed by atoms with van der Waals surface area (Å²) in [6, 6.07) is 7.53. The first kappa shape index (κ1) is 18.5. The molecule has 0 amide bonds. The first-order valence-electron chi connectivity index (χ1n) is 9.48. The number of hydrogen-bond donors (Lipinski definition) is 0. The SMILES string of the molecule is Cc1nc(SCc2nc3ccccc3n2C(F)F)n(C2CCCCC2)c1C. The normalized spacial score (nSPS) is 15.9. The Morgan fingerprint density at radius 1 is 1.11 bits per heavy atom. The van der Waals surface area contributed by atoms with Crippen LogP contribution in [0.1, 0.15) is 61.9 Å². The Labute approximate surface area is 162 Å². The monoisotopic (exact) mass is 390 g/mol. The highest BCUT2D eigenvalue weighted by molar-refractivity contribution is 7.98. The third kappa shape index (κ3) is 3.49. The van der Waals surface area contributed by atoms with Crippen LogP contribution in [0.2, 0.25) is 0 Å². The number of nitrogens with zero attached hydrogens (tertiary/aromatic N) is 4. The van der Waals surface area contributed by atoms with Crippen molar-refractivity contribution in [2.45, 2.75) is 69.5 Å². The van der Waals surface area contributed by atoms with E-state index in [1.807, 2.05) is 13.0 Å². The second-order valence-corrected chi connectivity index (χ2v) is 8.12. The number of rotatable bonds is 5. The van der Waals surface area contributed by atoms with Gasteiger partial charge in [-0.05, 0) is 38.8 Å². The molecule has 0 spiro atoms. The van der Waals surface area contributed by atoms with E-state index >= 15 is 0 Å². The van der Waals surface area contributed by atoms with Crippen LogP contribution in [0.3, 0.4) is 0 Å². The molecule has 27 heavy (non-hydrogen) atoms. The van der Waals surface area contributed by atoms with Gasteiger partial charge in [-0.2, -0.15) is 8.78 Å². The number of fused-ring (bicyclic) bond motifs is 1. The Morgan fingerprint density at radius 3 is 2.59 bits per heavy atom. The van der Waals surface area contributed by atoms with Gasteiger partial charge in [-0.15, -0.1) is 0 Å². The molecule has 0 aliphatic heterocycles. The highest BCUT2D eigenvalue weighted by Crippen LogP contribution is 2.35. The maximum Gasteiger partial charge on any atom is 0.320 e. The zero-order valence-electron chi connectivity index (χ0n) is 15.7. The minimum Gasteiger partial charge on any atom is -0.320 e. The molecule has 4 rings (SSSR count). The van der Waals surface area contributed by atoms with E-state index in [1.54, 1.807) is 18.2 Å². The molecule has 0 radical (unpaired) electrons. The van der Waals surface area contributed by atoms with Crippen molar-refractivity contribution >= 4 is 22.8 Å². The van der Waals surface area contributed by atoms with Gasteiger partial charge >= 0.3 is 6.55 Å². The van der Waals surface area contributed by atoms with Crippen molar-refractivity contribution < 1.29 is 8.78 Å². The van der Waals surface area contributed by atoms with Crippen LogP contribution < -0.4 is 0 Å². The van der Waals surface area contributed by atoms with E-state index in [-0.39, 0.29) is 0 Å². The molecule has 2 heterocycles.